The predicted octanol–water partition coefficient (Wildman–Crippen LogP) is -1.01. The minimum Gasteiger partial charge on any atom is -0.450 e. The number of H-pyrrole nitrogens is 1. The summed E-state index contributed by atoms with van der Waals surface area (Å²) in [5.41, 5.74) is 7.57. The van der Waals surface area contributed by atoms with Gasteiger partial charge in [-0.15, -0.1) is 0 Å². The first-order chi connectivity index (χ1) is 9.67. The van der Waals surface area contributed by atoms with E-state index >= 15 is 0 Å². The van der Waals surface area contributed by atoms with Gasteiger partial charge >= 0.3 is 7.48 Å². The third-order valence-electron chi connectivity index (χ3n) is 2.98. The molecule has 4 N–H and O–H groups in total. The molecule has 1 radical (unpaired) electrons. The normalized spacial score (nSPS) is 10.8. The quantitative estimate of drug-likeness (QED) is 0.527. The van der Waals surface area contributed by atoms with Crippen molar-refractivity contribution in [2.24, 2.45) is 0 Å². The van der Waals surface area contributed by atoms with Crippen molar-refractivity contribution in [2.45, 2.75) is 6.54 Å². The first kappa shape index (κ1) is 12.4. The van der Waals surface area contributed by atoms with E-state index in [1.807, 2.05) is 12.1 Å². The van der Waals surface area contributed by atoms with E-state index in [2.05, 4.69) is 15.0 Å². The number of aromatic nitrogens is 4. The Hall–Kier alpha value is -2.61. The Kier molecular flexibility index (Phi) is 3.00. The molecule has 20 heavy (non-hydrogen) atoms. The van der Waals surface area contributed by atoms with Crippen molar-refractivity contribution in [1.29, 1.82) is 0 Å². The van der Waals surface area contributed by atoms with E-state index in [4.69, 9.17) is 10.8 Å². The zero-order valence-corrected chi connectivity index (χ0v) is 10.4. The largest absolute Gasteiger partial charge is 0.450 e. The molecular formula is C12H11BN5O2. The van der Waals surface area contributed by atoms with Crippen LogP contribution in [0.25, 0.3) is 11.2 Å². The molecule has 3 rings (SSSR count). The number of benzene rings is 1. The third-order valence-corrected chi connectivity index (χ3v) is 2.98. The van der Waals surface area contributed by atoms with Crippen LogP contribution < -0.4 is 16.8 Å². The highest BCUT2D eigenvalue weighted by atomic mass is 16.2. The van der Waals surface area contributed by atoms with Gasteiger partial charge in [-0.2, -0.15) is 4.98 Å². The van der Waals surface area contributed by atoms with Gasteiger partial charge in [0.05, 0.1) is 6.33 Å². The molecule has 0 aliphatic carbocycles. The van der Waals surface area contributed by atoms with Gasteiger partial charge in [0.25, 0.3) is 5.56 Å². The zero-order chi connectivity index (χ0) is 14.1. The fourth-order valence-electron chi connectivity index (χ4n) is 2.03. The van der Waals surface area contributed by atoms with Gasteiger partial charge in [-0.05, 0) is 5.56 Å². The number of nitrogen functional groups attached to an aromatic ring is 1. The fraction of sp³-hybridized carbons (Fsp3) is 0.0833. The Morgan fingerprint density at radius 3 is 2.80 bits per heavy atom. The summed E-state index contributed by atoms with van der Waals surface area (Å²) in [5, 5.41) is 8.88. The van der Waals surface area contributed by atoms with Crippen LogP contribution in [0.15, 0.2) is 35.4 Å². The molecule has 0 spiro atoms. The summed E-state index contributed by atoms with van der Waals surface area (Å²) in [7, 11) is 1.04. The van der Waals surface area contributed by atoms with Gasteiger partial charge in [0.1, 0.15) is 0 Å². The highest BCUT2D eigenvalue weighted by molar-refractivity contribution is 6.45. The van der Waals surface area contributed by atoms with Crippen molar-refractivity contribution in [1.82, 2.24) is 19.5 Å². The SMILES string of the molecule is Nc1nc2ncn(Cc3ccc([B]O)cc3)c2c(=O)[nH]1. The molecular weight excluding hydrogens is 257 g/mol. The number of imidazole rings is 1. The smallest absolute Gasteiger partial charge is 0.326 e. The summed E-state index contributed by atoms with van der Waals surface area (Å²) < 4.78 is 1.71. The molecule has 0 amide bonds. The molecule has 99 valence electrons. The number of anilines is 1. The minimum absolute atomic E-state index is 0.0515. The maximum Gasteiger partial charge on any atom is 0.326 e. The molecule has 0 unspecified atom stereocenters. The predicted molar refractivity (Wildman–Crippen MR) is 75.7 cm³/mol. The van der Waals surface area contributed by atoms with E-state index < -0.39 is 0 Å². The van der Waals surface area contributed by atoms with Gasteiger partial charge in [-0.3, -0.25) is 9.78 Å². The first-order valence-electron chi connectivity index (χ1n) is 5.94. The number of nitrogens with two attached hydrogens (primary N) is 1. The van der Waals surface area contributed by atoms with Crippen molar-refractivity contribution in [3.63, 3.8) is 0 Å². The van der Waals surface area contributed by atoms with Gasteiger partial charge in [-0.25, -0.2) is 4.98 Å². The lowest BCUT2D eigenvalue weighted by atomic mass is 9.88. The molecule has 0 fully saturated rings. The average Bonchev–Trinajstić information content (AvgIpc) is 2.82. The Morgan fingerprint density at radius 2 is 2.10 bits per heavy atom. The number of hydrogen-bond acceptors (Lipinski definition) is 5. The van der Waals surface area contributed by atoms with Gasteiger partial charge in [0.15, 0.2) is 11.2 Å². The van der Waals surface area contributed by atoms with E-state index in [0.29, 0.717) is 17.7 Å². The number of aromatic amines is 1. The molecule has 3 aromatic rings. The lowest BCUT2D eigenvalue weighted by Crippen LogP contribution is -2.15. The highest BCUT2D eigenvalue weighted by Gasteiger charge is 2.09. The summed E-state index contributed by atoms with van der Waals surface area (Å²) in [5.74, 6) is 0.0515. The zero-order valence-electron chi connectivity index (χ0n) is 10.4. The number of hydrogen-bond donors (Lipinski definition) is 3. The molecule has 0 saturated carbocycles. The molecule has 0 bridgehead atoms. The van der Waals surface area contributed by atoms with Crippen LogP contribution in [-0.2, 0) is 6.54 Å². The average molecular weight is 268 g/mol. The molecule has 0 aliphatic rings. The Bertz CT molecular complexity index is 809. The van der Waals surface area contributed by atoms with Crippen molar-refractivity contribution in [3.05, 3.63) is 46.5 Å². The lowest BCUT2D eigenvalue weighted by Gasteiger charge is -2.04. The van der Waals surface area contributed by atoms with E-state index in [1.54, 1.807) is 23.0 Å². The summed E-state index contributed by atoms with van der Waals surface area (Å²) in [6.45, 7) is 0.483. The molecule has 7 nitrogen and oxygen atoms in total. The van der Waals surface area contributed by atoms with E-state index in [-0.39, 0.29) is 11.5 Å². The van der Waals surface area contributed by atoms with Crippen molar-refractivity contribution >= 4 is 30.1 Å². The standard InChI is InChI=1S/C12H11BN5O2/c14-12-16-10-9(11(19)17-12)18(6-15-10)5-7-1-3-8(13-20)4-2-7/h1-4,6,20H,5H2,(H3,14,16,17,19). The van der Waals surface area contributed by atoms with Crippen LogP contribution in [0.2, 0.25) is 0 Å². The molecule has 8 heteroatoms. The number of rotatable bonds is 3. The van der Waals surface area contributed by atoms with Crippen LogP contribution in [0.1, 0.15) is 5.56 Å². The lowest BCUT2D eigenvalue weighted by molar-refractivity contribution is 0.615. The number of nitrogens with one attached hydrogen (secondary N) is 1. The topological polar surface area (TPSA) is 110 Å². The monoisotopic (exact) mass is 268 g/mol. The van der Waals surface area contributed by atoms with Crippen molar-refractivity contribution in [3.8, 4) is 0 Å². The summed E-state index contributed by atoms with van der Waals surface area (Å²) in [6, 6.07) is 7.31. The number of nitrogens with zero attached hydrogens (tertiary/aromatic N) is 3. The second-order valence-corrected chi connectivity index (χ2v) is 4.37. The first-order valence-corrected chi connectivity index (χ1v) is 5.94. The Labute approximate surface area is 114 Å². The molecule has 0 aliphatic heterocycles. The van der Waals surface area contributed by atoms with Gasteiger partial charge in [-0.1, -0.05) is 29.7 Å². The number of fused-ring (bicyclic) bond motifs is 1. The van der Waals surface area contributed by atoms with E-state index in [0.717, 1.165) is 18.5 Å². The summed E-state index contributed by atoms with van der Waals surface area (Å²) in [4.78, 5) is 22.4. The van der Waals surface area contributed by atoms with Crippen molar-refractivity contribution < 1.29 is 5.02 Å². The fourth-order valence-corrected chi connectivity index (χ4v) is 2.03. The molecule has 2 heterocycles. The van der Waals surface area contributed by atoms with Crippen LogP contribution in [0.5, 0.6) is 0 Å². The molecule has 0 saturated heterocycles. The molecule has 2 aromatic heterocycles. The Balaban J connectivity index is 2.00. The minimum atomic E-state index is -0.315. The molecule has 1 aromatic carbocycles. The maximum absolute atomic E-state index is 11.9. The third kappa shape index (κ3) is 2.16. The van der Waals surface area contributed by atoms with E-state index in [1.165, 1.54) is 0 Å². The maximum atomic E-state index is 11.9. The highest BCUT2D eigenvalue weighted by Crippen LogP contribution is 2.09. The summed E-state index contributed by atoms with van der Waals surface area (Å²) >= 11 is 0. The van der Waals surface area contributed by atoms with Gasteiger partial charge in [0.2, 0.25) is 5.95 Å². The van der Waals surface area contributed by atoms with Gasteiger partial charge < -0.3 is 15.3 Å². The summed E-state index contributed by atoms with van der Waals surface area (Å²) in [6.07, 6.45) is 1.55. The van der Waals surface area contributed by atoms with Crippen LogP contribution in [0, 0.1) is 0 Å². The van der Waals surface area contributed by atoms with Gasteiger partial charge in [0, 0.05) is 6.54 Å². The van der Waals surface area contributed by atoms with E-state index in [9.17, 15) is 4.79 Å². The van der Waals surface area contributed by atoms with Crippen LogP contribution in [-0.4, -0.2) is 32.0 Å². The van der Waals surface area contributed by atoms with Crippen LogP contribution in [0.4, 0.5) is 5.95 Å². The van der Waals surface area contributed by atoms with Crippen LogP contribution >= 0.6 is 0 Å². The Morgan fingerprint density at radius 1 is 1.35 bits per heavy atom. The molecule has 0 atom stereocenters. The van der Waals surface area contributed by atoms with Crippen molar-refractivity contribution in [2.75, 3.05) is 5.73 Å². The second kappa shape index (κ2) is 4.82. The second-order valence-electron chi connectivity index (χ2n) is 4.37. The van der Waals surface area contributed by atoms with Crippen LogP contribution in [0.3, 0.4) is 0 Å².